The summed E-state index contributed by atoms with van der Waals surface area (Å²) < 4.78 is 4.90. The molecule has 2 aliphatic rings. The quantitative estimate of drug-likeness (QED) is 0.178. The largest absolute Gasteiger partial charge is 0.293 e. The third kappa shape index (κ3) is 4.72. The number of aryl methyl sites for hydroxylation is 4. The van der Waals surface area contributed by atoms with Crippen LogP contribution in [-0.4, -0.2) is 19.1 Å². The fraction of sp³-hybridized carbons (Fsp3) is 0.0690. The topological polar surface area (TPSA) is 35.6 Å². The highest BCUT2D eigenvalue weighted by Gasteiger charge is 2.33. The first kappa shape index (κ1) is 34.0. The third-order valence-electron chi connectivity index (χ3n) is 14.0. The lowest BCUT2D eigenvalue weighted by molar-refractivity contribution is 0.881. The zero-order chi connectivity index (χ0) is 40.5. The summed E-state index contributed by atoms with van der Waals surface area (Å²) in [6.45, 7) is 0. The Morgan fingerprint density at radius 3 is 1.27 bits per heavy atom. The number of benzene rings is 8. The van der Waals surface area contributed by atoms with Crippen LogP contribution in [0.3, 0.4) is 0 Å². The van der Waals surface area contributed by atoms with Gasteiger partial charge in [0.1, 0.15) is 11.6 Å². The molecule has 4 nitrogen and oxygen atoms in total. The van der Waals surface area contributed by atoms with Crippen molar-refractivity contribution in [2.45, 2.75) is 25.7 Å². The number of rotatable bonds is 4. The highest BCUT2D eigenvalue weighted by atomic mass is 15.1. The van der Waals surface area contributed by atoms with Crippen LogP contribution < -0.4 is 0 Å². The Morgan fingerprint density at radius 1 is 0.355 bits per heavy atom. The number of aromatic nitrogens is 4. The Bertz CT molecular complexity index is 3590. The standard InChI is InChI=1S/C58H38N4/c1-3-15-41-35(11-1)13-9-17-43(41)37-23-27-51-47(31-37)49-33-39-21-26-46-56-40(22-25-45(55(39)56)57(49)61(51)53-19-5-7-29-59-53)34-50-48-32-38(44-18-10-14-36-12-2-4-16-42(36)44)24-28-52(48)62(58(46)50)54-20-6-8-30-60-54/h1-20,23-24,27-34H,21-22,25-26H2. The molecule has 0 amide bonds. The van der Waals surface area contributed by atoms with Crippen molar-refractivity contribution in [2.75, 3.05) is 0 Å². The van der Waals surface area contributed by atoms with E-state index in [-0.39, 0.29) is 0 Å². The first-order valence-electron chi connectivity index (χ1n) is 21.8. The van der Waals surface area contributed by atoms with E-state index in [1.165, 1.54) is 121 Å². The van der Waals surface area contributed by atoms with Crippen molar-refractivity contribution in [1.29, 1.82) is 0 Å². The normalized spacial score (nSPS) is 13.2. The van der Waals surface area contributed by atoms with Crippen LogP contribution in [0.25, 0.3) is 110 Å². The number of hydrogen-bond donors (Lipinski definition) is 0. The highest BCUT2D eigenvalue weighted by molar-refractivity contribution is 6.17. The Morgan fingerprint density at radius 2 is 0.806 bits per heavy atom. The smallest absolute Gasteiger partial charge is 0.137 e. The maximum Gasteiger partial charge on any atom is 0.137 e. The van der Waals surface area contributed by atoms with E-state index in [0.717, 1.165) is 37.3 Å². The minimum Gasteiger partial charge on any atom is -0.293 e. The van der Waals surface area contributed by atoms with Crippen LogP contribution in [0.15, 0.2) is 182 Å². The predicted molar refractivity (Wildman–Crippen MR) is 257 cm³/mol. The van der Waals surface area contributed by atoms with Gasteiger partial charge >= 0.3 is 0 Å². The van der Waals surface area contributed by atoms with Gasteiger partial charge in [0.15, 0.2) is 0 Å². The summed E-state index contributed by atoms with van der Waals surface area (Å²) in [5.74, 6) is 1.91. The molecule has 0 bridgehead atoms. The second-order valence-corrected chi connectivity index (χ2v) is 17.1. The maximum absolute atomic E-state index is 5.00. The van der Waals surface area contributed by atoms with Crippen LogP contribution in [0.5, 0.6) is 0 Å². The van der Waals surface area contributed by atoms with E-state index in [1.807, 2.05) is 24.5 Å². The Kier molecular flexibility index (Phi) is 7.03. The number of hydrogen-bond acceptors (Lipinski definition) is 2. The Hall–Kier alpha value is -7.82. The van der Waals surface area contributed by atoms with Gasteiger partial charge in [0, 0.05) is 33.9 Å². The minimum atomic E-state index is 0.955. The average Bonchev–Trinajstić information content (AvgIpc) is 3.85. The molecule has 4 aromatic heterocycles. The molecule has 0 aliphatic heterocycles. The zero-order valence-electron chi connectivity index (χ0n) is 33.9. The van der Waals surface area contributed by atoms with Crippen LogP contribution in [0, 0.1) is 0 Å². The molecular formula is C58H38N4. The predicted octanol–water partition coefficient (Wildman–Crippen LogP) is 14.2. The lowest BCUT2D eigenvalue weighted by Crippen LogP contribution is -2.16. The van der Waals surface area contributed by atoms with Gasteiger partial charge in [0.25, 0.3) is 0 Å². The Labute approximate surface area is 358 Å². The van der Waals surface area contributed by atoms with Crippen molar-refractivity contribution in [3.8, 4) is 45.0 Å². The van der Waals surface area contributed by atoms with E-state index in [4.69, 9.17) is 9.97 Å². The van der Waals surface area contributed by atoms with Gasteiger partial charge < -0.3 is 0 Å². The zero-order valence-corrected chi connectivity index (χ0v) is 33.9. The van der Waals surface area contributed by atoms with Gasteiger partial charge in [-0.25, -0.2) is 9.97 Å². The molecule has 0 saturated heterocycles. The van der Waals surface area contributed by atoms with Crippen molar-refractivity contribution in [3.63, 3.8) is 0 Å². The van der Waals surface area contributed by atoms with Crippen LogP contribution >= 0.6 is 0 Å². The maximum atomic E-state index is 5.00. The molecule has 0 unspecified atom stereocenters. The summed E-state index contributed by atoms with van der Waals surface area (Å²) in [5.41, 5.74) is 18.6. The molecule has 8 aromatic carbocycles. The molecule has 0 radical (unpaired) electrons. The number of fused-ring (bicyclic) bond motifs is 10. The fourth-order valence-electron chi connectivity index (χ4n) is 11.4. The molecule has 4 heteroatoms. The summed E-state index contributed by atoms with van der Waals surface area (Å²) in [6, 6.07) is 62.6. The summed E-state index contributed by atoms with van der Waals surface area (Å²) >= 11 is 0. The lowest BCUT2D eigenvalue weighted by Gasteiger charge is -2.31. The van der Waals surface area contributed by atoms with Gasteiger partial charge in [-0.3, -0.25) is 9.13 Å². The van der Waals surface area contributed by atoms with E-state index >= 15 is 0 Å². The molecule has 0 saturated carbocycles. The summed E-state index contributed by atoms with van der Waals surface area (Å²) in [6.07, 6.45) is 7.75. The second kappa shape index (κ2) is 12.8. The second-order valence-electron chi connectivity index (χ2n) is 17.1. The van der Waals surface area contributed by atoms with Gasteiger partial charge in [-0.05, 0) is 164 Å². The van der Waals surface area contributed by atoms with E-state index in [0.29, 0.717) is 0 Å². The highest BCUT2D eigenvalue weighted by Crippen LogP contribution is 2.51. The van der Waals surface area contributed by atoms with Gasteiger partial charge in [-0.1, -0.05) is 109 Å². The summed E-state index contributed by atoms with van der Waals surface area (Å²) in [7, 11) is 0. The van der Waals surface area contributed by atoms with Crippen LogP contribution in [0.4, 0.5) is 0 Å². The molecule has 2 aliphatic carbocycles. The van der Waals surface area contributed by atoms with E-state index in [1.54, 1.807) is 0 Å². The Balaban J connectivity index is 1.05. The molecule has 4 heterocycles. The van der Waals surface area contributed by atoms with Gasteiger partial charge in [0.05, 0.1) is 22.1 Å². The van der Waals surface area contributed by atoms with E-state index in [2.05, 4.69) is 167 Å². The molecule has 14 rings (SSSR count). The molecule has 62 heavy (non-hydrogen) atoms. The van der Waals surface area contributed by atoms with Gasteiger partial charge in [-0.15, -0.1) is 0 Å². The molecule has 0 fully saturated rings. The van der Waals surface area contributed by atoms with Crippen LogP contribution in [-0.2, 0) is 25.7 Å². The van der Waals surface area contributed by atoms with Crippen molar-refractivity contribution >= 4 is 65.2 Å². The molecule has 12 aromatic rings. The summed E-state index contributed by atoms with van der Waals surface area (Å²) in [4.78, 5) is 10.00. The number of pyridine rings is 2. The minimum absolute atomic E-state index is 0.955. The van der Waals surface area contributed by atoms with Crippen LogP contribution in [0.1, 0.15) is 22.3 Å². The lowest BCUT2D eigenvalue weighted by atomic mass is 9.74. The van der Waals surface area contributed by atoms with Crippen molar-refractivity contribution in [1.82, 2.24) is 19.1 Å². The molecule has 0 spiro atoms. The van der Waals surface area contributed by atoms with Crippen molar-refractivity contribution in [2.24, 2.45) is 0 Å². The van der Waals surface area contributed by atoms with Gasteiger partial charge in [-0.2, -0.15) is 0 Å². The monoisotopic (exact) mass is 790 g/mol. The van der Waals surface area contributed by atoms with Crippen molar-refractivity contribution < 1.29 is 0 Å². The molecular weight excluding hydrogens is 753 g/mol. The average molecular weight is 791 g/mol. The number of nitrogens with zero attached hydrogens (tertiary/aromatic N) is 4. The van der Waals surface area contributed by atoms with E-state index in [9.17, 15) is 0 Å². The van der Waals surface area contributed by atoms with E-state index < -0.39 is 0 Å². The molecule has 0 atom stereocenters. The third-order valence-corrected chi connectivity index (χ3v) is 14.0. The first-order valence-corrected chi connectivity index (χ1v) is 21.8. The van der Waals surface area contributed by atoms with Crippen LogP contribution in [0.2, 0.25) is 0 Å². The SMILES string of the molecule is c1ccc(-n2c3ccc(-c4cccc5ccccc45)cc3c3cc4c5c(c32)CCc2cc3c6cc(-c7cccc8ccccc78)ccc6n(-c6ccccn6)c3c(c2-5)CC4)nc1. The first-order chi connectivity index (χ1) is 30.8. The molecule has 0 N–H and O–H groups in total. The summed E-state index contributed by atoms with van der Waals surface area (Å²) in [5, 5.41) is 10.3. The molecule has 290 valence electrons. The van der Waals surface area contributed by atoms with Gasteiger partial charge in [0.2, 0.25) is 0 Å². The van der Waals surface area contributed by atoms with Crippen molar-refractivity contribution in [3.05, 3.63) is 205 Å². The fourth-order valence-corrected chi connectivity index (χ4v) is 11.4.